The van der Waals surface area contributed by atoms with E-state index in [1.54, 1.807) is 0 Å². The summed E-state index contributed by atoms with van der Waals surface area (Å²) in [7, 11) is 0. The summed E-state index contributed by atoms with van der Waals surface area (Å²) in [6, 6.07) is 56.2. The zero-order chi connectivity index (χ0) is 52.5. The van der Waals surface area contributed by atoms with Crippen LogP contribution in [0.2, 0.25) is 0 Å². The molecule has 12 rings (SSSR count). The van der Waals surface area contributed by atoms with E-state index in [2.05, 4.69) is 182 Å². The summed E-state index contributed by atoms with van der Waals surface area (Å²) in [6.07, 6.45) is 0. The molecule has 0 aliphatic carbocycles. The van der Waals surface area contributed by atoms with Crippen molar-refractivity contribution < 1.29 is 4.42 Å². The highest BCUT2D eigenvalue weighted by Crippen LogP contribution is 2.50. The van der Waals surface area contributed by atoms with Gasteiger partial charge in [0, 0.05) is 43.4 Å². The molecule has 0 spiro atoms. The van der Waals surface area contributed by atoms with Crippen LogP contribution in [0.15, 0.2) is 162 Å². The second kappa shape index (κ2) is 16.8. The molecule has 0 fully saturated rings. The summed E-state index contributed by atoms with van der Waals surface area (Å²) in [6.45, 7) is 36.7. The molecule has 370 valence electrons. The fourth-order valence-corrected chi connectivity index (χ4v) is 10.9. The Morgan fingerprint density at radius 2 is 0.787 bits per heavy atom. The Morgan fingerprint density at radius 3 is 1.19 bits per heavy atom. The molecule has 0 atom stereocenters. The zero-order valence-electron chi connectivity index (χ0n) is 45.1. The summed E-state index contributed by atoms with van der Waals surface area (Å²) >= 11 is 0. The second-order valence-electron chi connectivity index (χ2n) is 24.5. The monoisotopic (exact) mass is 978 g/mol. The summed E-state index contributed by atoms with van der Waals surface area (Å²) in [5.41, 5.74) is 14.5. The highest BCUT2D eigenvalue weighted by atomic mass is 16.3. The van der Waals surface area contributed by atoms with Crippen molar-refractivity contribution in [3.05, 3.63) is 191 Å². The smallest absolute Gasteiger partial charge is 0.254 e. The normalized spacial score (nSPS) is 12.8. The van der Waals surface area contributed by atoms with Crippen LogP contribution in [0.4, 0.5) is 5.69 Å². The summed E-state index contributed by atoms with van der Waals surface area (Å²) < 4.78 is 12.0. The molecule has 0 bridgehead atoms. The van der Waals surface area contributed by atoms with Crippen molar-refractivity contribution in [2.24, 2.45) is 0 Å². The number of rotatable bonds is 5. The van der Waals surface area contributed by atoms with Gasteiger partial charge in [0.05, 0.1) is 45.6 Å². The number of fused-ring (bicyclic) bond motifs is 9. The van der Waals surface area contributed by atoms with Gasteiger partial charge < -0.3 is 13.6 Å². The summed E-state index contributed by atoms with van der Waals surface area (Å²) in [4.78, 5) is 19.9. The Balaban J connectivity index is 1.25. The number of hydrogen-bond donors (Lipinski definition) is 0. The minimum absolute atomic E-state index is 0.0813. The van der Waals surface area contributed by atoms with Gasteiger partial charge in [-0.1, -0.05) is 180 Å². The van der Waals surface area contributed by atoms with Gasteiger partial charge in [0.1, 0.15) is 11.2 Å². The highest BCUT2D eigenvalue weighted by Gasteiger charge is 2.30. The van der Waals surface area contributed by atoms with E-state index in [9.17, 15) is 6.57 Å². The lowest BCUT2D eigenvalue weighted by atomic mass is 9.85. The predicted octanol–water partition coefficient (Wildman–Crippen LogP) is 18.7. The maximum Gasteiger partial charge on any atom is 0.254 e. The van der Waals surface area contributed by atoms with Crippen molar-refractivity contribution >= 4 is 71.2 Å². The van der Waals surface area contributed by atoms with Gasteiger partial charge in [0.2, 0.25) is 0 Å². The SMILES string of the molecule is [C-]#[N+]c1c(-n2c3ccc(C(C)(C)C)cc3c3cc(C(C)(C)C)ccc32)c(-n2c3ccc(C(C)(C)C)cc3c3cc(C(C)(C)C)ccc32)cc2c1oc1c(-c3nc(-c4ccccc4)nc(-c4ccccc4)n3)cccc12. The lowest BCUT2D eigenvalue weighted by Crippen LogP contribution is -2.11. The molecule has 12 aromatic rings. The molecule has 0 N–H and O–H groups in total. The highest BCUT2D eigenvalue weighted by molar-refractivity contribution is 6.18. The van der Waals surface area contributed by atoms with Crippen molar-refractivity contribution in [2.45, 2.75) is 105 Å². The first-order valence-electron chi connectivity index (χ1n) is 26.1. The van der Waals surface area contributed by atoms with E-state index in [1.165, 1.54) is 33.0 Å². The third kappa shape index (κ3) is 7.89. The standard InChI is InChI=1S/C68H62N6O/c1-65(2,3)42-27-31-53-48(35-42)49-36-43(66(4,5)6)28-32-54(49)73(53)57-39-52-46-25-20-26-47(64-71-62(40-21-16-14-17-22-40)70-63(72-64)41-23-18-15-19-24-41)60(46)75-61(52)58(69-13)59(57)74-55-33-29-44(67(7,8)9)37-50(55)51-38-45(68(10,11)12)30-34-56(51)74/h14-39H,1-12H3. The number of hydrogen-bond acceptors (Lipinski definition) is 4. The number of nitrogens with zero attached hydrogens (tertiary/aromatic N) is 6. The lowest BCUT2D eigenvalue weighted by Gasteiger charge is -2.21. The van der Waals surface area contributed by atoms with Gasteiger partial charge in [0.15, 0.2) is 17.5 Å². The van der Waals surface area contributed by atoms with Crippen LogP contribution < -0.4 is 0 Å². The van der Waals surface area contributed by atoms with Gasteiger partial charge in [-0.2, -0.15) is 0 Å². The van der Waals surface area contributed by atoms with Gasteiger partial charge in [-0.05, 0) is 105 Å². The molecule has 0 amide bonds. The summed E-state index contributed by atoms with van der Waals surface area (Å²) in [5, 5.41) is 6.31. The number of aromatic nitrogens is 5. The van der Waals surface area contributed by atoms with Crippen LogP contribution in [0.1, 0.15) is 105 Å². The molecule has 4 aromatic heterocycles. The molecule has 0 saturated carbocycles. The van der Waals surface area contributed by atoms with Crippen LogP contribution in [-0.4, -0.2) is 24.1 Å². The van der Waals surface area contributed by atoms with Gasteiger partial charge >= 0.3 is 0 Å². The molecular formula is C68H62N6O. The molecule has 0 aliphatic heterocycles. The quantitative estimate of drug-likeness (QED) is 0.161. The van der Waals surface area contributed by atoms with Crippen LogP contribution >= 0.6 is 0 Å². The molecule has 7 heteroatoms. The lowest BCUT2D eigenvalue weighted by molar-refractivity contribution is 0.590. The van der Waals surface area contributed by atoms with Gasteiger partial charge in [-0.25, -0.2) is 19.8 Å². The minimum Gasteiger partial charge on any atom is -0.466 e. The van der Waals surface area contributed by atoms with Crippen molar-refractivity contribution in [2.75, 3.05) is 0 Å². The molecule has 7 nitrogen and oxygen atoms in total. The van der Waals surface area contributed by atoms with E-state index in [1.807, 2.05) is 72.8 Å². The molecule has 4 heterocycles. The second-order valence-corrected chi connectivity index (χ2v) is 24.5. The van der Waals surface area contributed by atoms with Crippen LogP contribution in [0.5, 0.6) is 0 Å². The van der Waals surface area contributed by atoms with E-state index in [-0.39, 0.29) is 21.7 Å². The Bertz CT molecular complexity index is 4120. The first-order chi connectivity index (χ1) is 35.7. The van der Waals surface area contributed by atoms with E-state index in [0.29, 0.717) is 39.9 Å². The third-order valence-corrected chi connectivity index (χ3v) is 15.2. The third-order valence-electron chi connectivity index (χ3n) is 15.2. The van der Waals surface area contributed by atoms with Gasteiger partial charge in [-0.15, -0.1) is 0 Å². The van der Waals surface area contributed by atoms with Crippen LogP contribution in [0, 0.1) is 6.57 Å². The summed E-state index contributed by atoms with van der Waals surface area (Å²) in [5.74, 6) is 1.60. The molecule has 8 aromatic carbocycles. The largest absolute Gasteiger partial charge is 0.466 e. The van der Waals surface area contributed by atoms with Crippen molar-refractivity contribution in [1.29, 1.82) is 0 Å². The molecule has 75 heavy (non-hydrogen) atoms. The van der Waals surface area contributed by atoms with Crippen molar-refractivity contribution in [1.82, 2.24) is 24.1 Å². The molecule has 0 unspecified atom stereocenters. The van der Waals surface area contributed by atoms with E-state index in [4.69, 9.17) is 19.4 Å². The van der Waals surface area contributed by atoms with Crippen LogP contribution in [-0.2, 0) is 21.7 Å². The first kappa shape index (κ1) is 47.7. The maximum absolute atomic E-state index is 9.41. The maximum atomic E-state index is 9.41. The fourth-order valence-electron chi connectivity index (χ4n) is 10.9. The number of para-hydroxylation sites is 1. The molecule has 0 radical (unpaired) electrons. The van der Waals surface area contributed by atoms with Gasteiger partial charge in [0.25, 0.3) is 5.69 Å². The average molecular weight is 979 g/mol. The minimum atomic E-state index is -0.0922. The topological polar surface area (TPSA) is 66.0 Å². The molecule has 0 saturated heterocycles. The van der Waals surface area contributed by atoms with Crippen LogP contribution in [0.25, 0.3) is 116 Å². The van der Waals surface area contributed by atoms with Crippen molar-refractivity contribution in [3.8, 4) is 45.5 Å². The Labute approximate surface area is 439 Å². The predicted molar refractivity (Wildman–Crippen MR) is 313 cm³/mol. The van der Waals surface area contributed by atoms with Crippen LogP contribution in [0.3, 0.4) is 0 Å². The Kier molecular flexibility index (Phi) is 10.7. The van der Waals surface area contributed by atoms with E-state index < -0.39 is 0 Å². The number of benzene rings is 8. The van der Waals surface area contributed by atoms with Gasteiger partial charge in [-0.3, -0.25) is 0 Å². The average Bonchev–Trinajstić information content (AvgIpc) is 4.10. The zero-order valence-corrected chi connectivity index (χ0v) is 45.1. The van der Waals surface area contributed by atoms with E-state index >= 15 is 0 Å². The fraction of sp³-hybridized carbons (Fsp3) is 0.235. The first-order valence-corrected chi connectivity index (χ1v) is 26.1. The Hall–Kier alpha value is -8.34. The molecule has 0 aliphatic rings. The van der Waals surface area contributed by atoms with E-state index in [0.717, 1.165) is 66.1 Å². The number of furan rings is 1. The molecular weight excluding hydrogens is 917 g/mol. The van der Waals surface area contributed by atoms with Crippen molar-refractivity contribution in [3.63, 3.8) is 0 Å². The Morgan fingerprint density at radius 1 is 0.387 bits per heavy atom.